The second kappa shape index (κ2) is 6.53. The van der Waals surface area contributed by atoms with Crippen LogP contribution in [-0.2, 0) is 4.74 Å². The van der Waals surface area contributed by atoms with Gasteiger partial charge in [0.25, 0.3) is 5.91 Å². The molecule has 0 bridgehead atoms. The fraction of sp³-hybridized carbons (Fsp3) is 0.389. The number of carbonyl (C=O) groups excluding carboxylic acids is 1. The standard InChI is InChI=1S/C18H19FN4O3/c1-10-13-7-11(19)3-4-14(13)26-16(10)18(24)23(2)8-15-12(5-6-25-15)17-20-9-21-22-17/h3-4,7,9,12,15H,5-6,8H2,1-2H3,(H,20,21,22)/t12-,15-/m1/s1. The first-order valence-corrected chi connectivity index (χ1v) is 8.45. The number of hydrogen-bond acceptors (Lipinski definition) is 5. The highest BCUT2D eigenvalue weighted by atomic mass is 19.1. The first-order valence-electron chi connectivity index (χ1n) is 8.45. The first kappa shape index (κ1) is 16.7. The van der Waals surface area contributed by atoms with Crippen LogP contribution in [0.2, 0.25) is 0 Å². The average molecular weight is 358 g/mol. The van der Waals surface area contributed by atoms with Crippen molar-refractivity contribution in [1.82, 2.24) is 20.1 Å². The number of furan rings is 1. The van der Waals surface area contributed by atoms with Crippen molar-refractivity contribution in [3.05, 3.63) is 47.5 Å². The van der Waals surface area contributed by atoms with Crippen molar-refractivity contribution >= 4 is 16.9 Å². The number of likely N-dealkylation sites (N-methyl/N-ethyl adjacent to an activating group) is 1. The van der Waals surface area contributed by atoms with Crippen LogP contribution in [0.5, 0.6) is 0 Å². The topological polar surface area (TPSA) is 84.3 Å². The van der Waals surface area contributed by atoms with Gasteiger partial charge in [-0.3, -0.25) is 9.89 Å². The zero-order valence-corrected chi connectivity index (χ0v) is 14.5. The molecule has 1 aliphatic heterocycles. The van der Waals surface area contributed by atoms with Crippen LogP contribution >= 0.6 is 0 Å². The van der Waals surface area contributed by atoms with E-state index in [0.29, 0.717) is 29.7 Å². The van der Waals surface area contributed by atoms with Gasteiger partial charge >= 0.3 is 0 Å². The minimum atomic E-state index is -0.358. The number of halogens is 1. The van der Waals surface area contributed by atoms with Crippen LogP contribution in [0, 0.1) is 12.7 Å². The number of aryl methyl sites for hydroxylation is 1. The Morgan fingerprint density at radius 2 is 2.31 bits per heavy atom. The van der Waals surface area contributed by atoms with Gasteiger partial charge in [0.2, 0.25) is 0 Å². The Morgan fingerprint density at radius 1 is 1.46 bits per heavy atom. The number of carbonyl (C=O) groups is 1. The van der Waals surface area contributed by atoms with Gasteiger partial charge < -0.3 is 14.1 Å². The van der Waals surface area contributed by atoms with E-state index in [-0.39, 0.29) is 29.5 Å². The number of hydrogen-bond donors (Lipinski definition) is 1. The quantitative estimate of drug-likeness (QED) is 0.775. The van der Waals surface area contributed by atoms with Crippen LogP contribution in [-0.4, -0.2) is 52.3 Å². The number of amides is 1. The average Bonchev–Trinajstić information content (AvgIpc) is 3.35. The third-order valence-electron chi connectivity index (χ3n) is 4.89. The summed E-state index contributed by atoms with van der Waals surface area (Å²) in [7, 11) is 1.70. The van der Waals surface area contributed by atoms with Crippen LogP contribution < -0.4 is 0 Å². The molecule has 1 aliphatic rings. The molecule has 0 radical (unpaired) electrons. The molecule has 3 heterocycles. The molecule has 1 amide bonds. The van der Waals surface area contributed by atoms with Gasteiger partial charge in [-0.1, -0.05) is 0 Å². The Hall–Kier alpha value is -2.74. The summed E-state index contributed by atoms with van der Waals surface area (Å²) in [6.45, 7) is 2.77. The maximum absolute atomic E-state index is 13.5. The molecule has 1 fully saturated rings. The van der Waals surface area contributed by atoms with E-state index < -0.39 is 0 Å². The summed E-state index contributed by atoms with van der Waals surface area (Å²) in [5.41, 5.74) is 1.13. The van der Waals surface area contributed by atoms with Crippen molar-refractivity contribution in [3.63, 3.8) is 0 Å². The summed E-state index contributed by atoms with van der Waals surface area (Å²) < 4.78 is 24.9. The number of rotatable bonds is 4. The molecule has 0 aliphatic carbocycles. The van der Waals surface area contributed by atoms with Gasteiger partial charge in [0.1, 0.15) is 23.6 Å². The van der Waals surface area contributed by atoms with Crippen molar-refractivity contribution in [2.24, 2.45) is 0 Å². The van der Waals surface area contributed by atoms with E-state index in [1.54, 1.807) is 18.9 Å². The van der Waals surface area contributed by atoms with Crippen LogP contribution in [0.3, 0.4) is 0 Å². The highest BCUT2D eigenvalue weighted by Crippen LogP contribution is 2.30. The number of H-pyrrole nitrogens is 1. The maximum Gasteiger partial charge on any atom is 0.289 e. The van der Waals surface area contributed by atoms with Crippen molar-refractivity contribution in [2.45, 2.75) is 25.4 Å². The summed E-state index contributed by atoms with van der Waals surface area (Å²) >= 11 is 0. The Labute approximate surface area is 149 Å². The predicted octanol–water partition coefficient (Wildman–Crippen LogP) is 2.64. The molecule has 7 nitrogen and oxygen atoms in total. The zero-order valence-electron chi connectivity index (χ0n) is 14.5. The van der Waals surface area contributed by atoms with Crippen molar-refractivity contribution in [1.29, 1.82) is 0 Å². The van der Waals surface area contributed by atoms with Crippen molar-refractivity contribution in [3.8, 4) is 0 Å². The highest BCUT2D eigenvalue weighted by molar-refractivity contribution is 5.98. The third kappa shape index (κ3) is 2.86. The van der Waals surface area contributed by atoms with Gasteiger partial charge in [0, 0.05) is 37.1 Å². The van der Waals surface area contributed by atoms with Gasteiger partial charge in [0.05, 0.1) is 6.10 Å². The van der Waals surface area contributed by atoms with E-state index in [1.165, 1.54) is 24.5 Å². The Bertz CT molecular complexity index is 937. The lowest BCUT2D eigenvalue weighted by molar-refractivity contribution is 0.0529. The molecule has 2 atom stereocenters. The van der Waals surface area contributed by atoms with E-state index in [9.17, 15) is 9.18 Å². The van der Waals surface area contributed by atoms with E-state index in [0.717, 1.165) is 12.2 Å². The largest absolute Gasteiger partial charge is 0.451 e. The monoisotopic (exact) mass is 358 g/mol. The van der Waals surface area contributed by atoms with Crippen LogP contribution in [0.1, 0.15) is 34.3 Å². The molecular formula is C18H19FN4O3. The SMILES string of the molecule is Cc1c(C(=O)N(C)C[C@H]2OCC[C@H]2c2ncn[nH]2)oc2ccc(F)cc12. The second-order valence-corrected chi connectivity index (χ2v) is 6.56. The molecule has 26 heavy (non-hydrogen) atoms. The second-order valence-electron chi connectivity index (χ2n) is 6.56. The number of aromatic nitrogens is 3. The molecule has 136 valence electrons. The third-order valence-corrected chi connectivity index (χ3v) is 4.89. The zero-order chi connectivity index (χ0) is 18.3. The summed E-state index contributed by atoms with van der Waals surface area (Å²) in [4.78, 5) is 18.6. The molecule has 2 aromatic heterocycles. The Balaban J connectivity index is 1.54. The van der Waals surface area contributed by atoms with Crippen LogP contribution in [0.25, 0.3) is 11.0 Å². The molecule has 1 saturated heterocycles. The molecular weight excluding hydrogens is 339 g/mol. The number of nitrogens with zero attached hydrogens (tertiary/aromatic N) is 3. The Morgan fingerprint density at radius 3 is 3.08 bits per heavy atom. The maximum atomic E-state index is 13.5. The summed E-state index contributed by atoms with van der Waals surface area (Å²) in [6, 6.07) is 4.23. The number of ether oxygens (including phenoxy) is 1. The molecule has 0 saturated carbocycles. The van der Waals surface area contributed by atoms with Crippen LogP contribution in [0.4, 0.5) is 4.39 Å². The fourth-order valence-electron chi connectivity index (χ4n) is 3.46. The van der Waals surface area contributed by atoms with Crippen LogP contribution in [0.15, 0.2) is 28.9 Å². The summed E-state index contributed by atoms with van der Waals surface area (Å²) in [5, 5.41) is 7.37. The van der Waals surface area contributed by atoms with E-state index in [2.05, 4.69) is 15.2 Å². The van der Waals surface area contributed by atoms with E-state index >= 15 is 0 Å². The van der Waals surface area contributed by atoms with Gasteiger partial charge in [-0.15, -0.1) is 0 Å². The predicted molar refractivity (Wildman–Crippen MR) is 91.4 cm³/mol. The lowest BCUT2D eigenvalue weighted by Crippen LogP contribution is -2.36. The number of fused-ring (bicyclic) bond motifs is 1. The van der Waals surface area contributed by atoms with Gasteiger partial charge in [-0.2, -0.15) is 5.10 Å². The summed E-state index contributed by atoms with van der Waals surface area (Å²) in [5.74, 6) is 0.443. The summed E-state index contributed by atoms with van der Waals surface area (Å²) in [6.07, 6.45) is 2.13. The molecule has 4 rings (SSSR count). The van der Waals surface area contributed by atoms with Gasteiger partial charge in [-0.25, -0.2) is 9.37 Å². The van der Waals surface area contributed by atoms with E-state index in [1.807, 2.05) is 0 Å². The lowest BCUT2D eigenvalue weighted by atomic mass is 10.0. The molecule has 0 spiro atoms. The number of benzene rings is 1. The number of aromatic amines is 1. The van der Waals surface area contributed by atoms with Crippen molar-refractivity contribution in [2.75, 3.05) is 20.2 Å². The first-order chi connectivity index (χ1) is 12.5. The minimum Gasteiger partial charge on any atom is -0.451 e. The molecule has 1 aromatic carbocycles. The smallest absolute Gasteiger partial charge is 0.289 e. The number of nitrogens with one attached hydrogen (secondary N) is 1. The highest BCUT2D eigenvalue weighted by Gasteiger charge is 2.34. The molecule has 0 unspecified atom stereocenters. The van der Waals surface area contributed by atoms with Gasteiger partial charge in [-0.05, 0) is 31.5 Å². The van der Waals surface area contributed by atoms with Crippen molar-refractivity contribution < 1.29 is 18.3 Å². The lowest BCUT2D eigenvalue weighted by Gasteiger charge is -2.23. The van der Waals surface area contributed by atoms with E-state index in [4.69, 9.17) is 9.15 Å². The van der Waals surface area contributed by atoms with Gasteiger partial charge in [0.15, 0.2) is 5.76 Å². The molecule has 8 heteroatoms. The molecule has 1 N–H and O–H groups in total. The molecule has 3 aromatic rings. The normalized spacial score (nSPS) is 20.0. The Kier molecular flexibility index (Phi) is 4.20. The minimum absolute atomic E-state index is 0.0682. The fourth-order valence-corrected chi connectivity index (χ4v) is 3.46.